The number of aromatic amines is 1. The van der Waals surface area contributed by atoms with Gasteiger partial charge < -0.3 is 4.98 Å². The second kappa shape index (κ2) is 9.35. The summed E-state index contributed by atoms with van der Waals surface area (Å²) in [4.78, 5) is 20.2. The number of rotatable bonds is 6. The molecule has 0 aliphatic carbocycles. The summed E-state index contributed by atoms with van der Waals surface area (Å²) in [6.07, 6.45) is 4.61. The Morgan fingerprint density at radius 3 is 2.60 bits per heavy atom. The molecule has 0 saturated carbocycles. The summed E-state index contributed by atoms with van der Waals surface area (Å²) in [7, 11) is -2.61. The molecule has 0 amide bonds. The quantitative estimate of drug-likeness (QED) is 0.259. The number of benzene rings is 3. The van der Waals surface area contributed by atoms with Crippen molar-refractivity contribution in [2.24, 2.45) is 7.05 Å². The predicted octanol–water partition coefficient (Wildman–Crippen LogP) is 5.57. The number of aromatic nitrogens is 4. The molecule has 0 fully saturated rings. The van der Waals surface area contributed by atoms with Crippen LogP contribution in [0.1, 0.15) is 15.9 Å². The molecule has 8 nitrogen and oxygen atoms in total. The Hall–Kier alpha value is -4.97. The second-order valence-corrected chi connectivity index (χ2v) is 10.7. The average molecular weight is 562 g/mol. The molecule has 0 saturated heterocycles. The lowest BCUT2D eigenvalue weighted by molar-refractivity contribution is 0.103. The number of halogens is 3. The van der Waals surface area contributed by atoms with Crippen molar-refractivity contribution in [1.82, 2.24) is 19.7 Å². The van der Waals surface area contributed by atoms with Gasteiger partial charge in [-0.1, -0.05) is 12.1 Å². The third-order valence-corrected chi connectivity index (χ3v) is 7.89. The Kier molecular flexibility index (Phi) is 5.91. The van der Waals surface area contributed by atoms with E-state index in [1.54, 1.807) is 23.1 Å². The number of ketones is 1. The minimum absolute atomic E-state index is 0.0604. The lowest BCUT2D eigenvalue weighted by Gasteiger charge is -2.12. The number of nitrogens with one attached hydrogen (secondary N) is 2. The van der Waals surface area contributed by atoms with Gasteiger partial charge in [0.05, 0.1) is 27.9 Å². The van der Waals surface area contributed by atoms with Crippen molar-refractivity contribution < 1.29 is 26.4 Å². The molecule has 0 aliphatic heterocycles. The summed E-state index contributed by atoms with van der Waals surface area (Å²) in [6, 6.07) is 13.1. The Bertz CT molecular complexity index is 2090. The van der Waals surface area contributed by atoms with Crippen molar-refractivity contribution >= 4 is 43.4 Å². The fourth-order valence-electron chi connectivity index (χ4n) is 4.50. The SMILES string of the molecule is Cn1ncc2cc(-c3cnc4[nH]cc(C(=O)c5c(F)ccc(NS(=O)(=O)c6cccc(F)c6)c5F)c4c3)ccc21. The van der Waals surface area contributed by atoms with E-state index >= 15 is 4.39 Å². The van der Waals surface area contributed by atoms with Gasteiger partial charge in [0.15, 0.2) is 5.82 Å². The summed E-state index contributed by atoms with van der Waals surface area (Å²) in [6.45, 7) is 0. The highest BCUT2D eigenvalue weighted by Gasteiger charge is 2.26. The molecule has 0 unspecified atom stereocenters. The number of hydrogen-bond donors (Lipinski definition) is 2. The molecule has 0 bridgehead atoms. The first kappa shape index (κ1) is 25.3. The van der Waals surface area contributed by atoms with E-state index < -0.39 is 49.4 Å². The van der Waals surface area contributed by atoms with Gasteiger partial charge in [0.1, 0.15) is 17.3 Å². The van der Waals surface area contributed by atoms with E-state index in [1.165, 1.54) is 12.3 Å². The van der Waals surface area contributed by atoms with Crippen LogP contribution >= 0.6 is 0 Å². The average Bonchev–Trinajstić information content (AvgIpc) is 3.53. The number of pyridine rings is 1. The van der Waals surface area contributed by atoms with Crippen LogP contribution in [-0.4, -0.2) is 33.9 Å². The highest BCUT2D eigenvalue weighted by atomic mass is 32.2. The molecule has 0 radical (unpaired) electrons. The maximum Gasteiger partial charge on any atom is 0.262 e. The van der Waals surface area contributed by atoms with Crippen molar-refractivity contribution in [2.45, 2.75) is 4.90 Å². The smallest absolute Gasteiger partial charge is 0.262 e. The molecular weight excluding hydrogens is 543 g/mol. The van der Waals surface area contributed by atoms with E-state index in [1.807, 2.05) is 30.0 Å². The normalized spacial score (nSPS) is 11.8. The molecule has 0 atom stereocenters. The van der Waals surface area contributed by atoms with E-state index in [0.717, 1.165) is 46.8 Å². The minimum atomic E-state index is -4.44. The third kappa shape index (κ3) is 4.28. The Morgan fingerprint density at radius 1 is 0.975 bits per heavy atom. The van der Waals surface area contributed by atoms with Crippen molar-refractivity contribution in [1.29, 1.82) is 0 Å². The molecule has 12 heteroatoms. The van der Waals surface area contributed by atoms with Gasteiger partial charge in [0.2, 0.25) is 5.78 Å². The van der Waals surface area contributed by atoms with Gasteiger partial charge in [-0.3, -0.25) is 14.2 Å². The molecule has 200 valence electrons. The molecule has 2 N–H and O–H groups in total. The zero-order valence-corrected chi connectivity index (χ0v) is 21.4. The van der Waals surface area contributed by atoms with Crippen LogP contribution in [0.2, 0.25) is 0 Å². The van der Waals surface area contributed by atoms with Gasteiger partial charge in [-0.25, -0.2) is 26.6 Å². The standard InChI is InChI=1S/C28H18F3N5O3S/c1-36-24-8-5-15(9-17(24)13-34-36)16-10-20-21(14-33-28(20)32-12-16)27(37)25-22(30)6-7-23(26(25)31)35-40(38,39)19-4-2-3-18(29)11-19/h2-14,35H,1H3,(H,32,33). The summed E-state index contributed by atoms with van der Waals surface area (Å²) in [5.74, 6) is -4.43. The molecule has 3 aromatic heterocycles. The maximum atomic E-state index is 15.5. The molecule has 6 rings (SSSR count). The topological polar surface area (TPSA) is 110 Å². The third-order valence-electron chi connectivity index (χ3n) is 6.52. The summed E-state index contributed by atoms with van der Waals surface area (Å²) >= 11 is 0. The monoisotopic (exact) mass is 561 g/mol. The first-order chi connectivity index (χ1) is 19.1. The van der Waals surface area contributed by atoms with Gasteiger partial charge in [-0.2, -0.15) is 5.10 Å². The lowest BCUT2D eigenvalue weighted by Crippen LogP contribution is -2.16. The number of carbonyl (C=O) groups is 1. The molecule has 40 heavy (non-hydrogen) atoms. The van der Waals surface area contributed by atoms with Gasteiger partial charge >= 0.3 is 0 Å². The van der Waals surface area contributed by atoms with Gasteiger partial charge in [0.25, 0.3) is 10.0 Å². The number of aryl methyl sites for hydroxylation is 1. The summed E-state index contributed by atoms with van der Waals surface area (Å²) < 4.78 is 73.0. The van der Waals surface area contributed by atoms with Gasteiger partial charge in [-0.05, 0) is 54.1 Å². The van der Waals surface area contributed by atoms with Crippen LogP contribution in [0.5, 0.6) is 0 Å². The van der Waals surface area contributed by atoms with Crippen molar-refractivity contribution in [3.05, 3.63) is 108 Å². The van der Waals surface area contributed by atoms with Crippen LogP contribution in [-0.2, 0) is 17.1 Å². The van der Waals surface area contributed by atoms with E-state index in [0.29, 0.717) is 16.6 Å². The number of fused-ring (bicyclic) bond motifs is 2. The van der Waals surface area contributed by atoms with Crippen LogP contribution in [0.4, 0.5) is 18.9 Å². The van der Waals surface area contributed by atoms with Crippen molar-refractivity contribution in [2.75, 3.05) is 4.72 Å². The van der Waals surface area contributed by atoms with E-state index in [2.05, 4.69) is 15.1 Å². The highest BCUT2D eigenvalue weighted by molar-refractivity contribution is 7.92. The highest BCUT2D eigenvalue weighted by Crippen LogP contribution is 2.31. The first-order valence-corrected chi connectivity index (χ1v) is 13.3. The summed E-state index contributed by atoms with van der Waals surface area (Å²) in [5.41, 5.74) is 1.01. The molecule has 3 aromatic carbocycles. The molecule has 3 heterocycles. The number of H-pyrrole nitrogens is 1. The van der Waals surface area contributed by atoms with E-state index in [4.69, 9.17) is 0 Å². The van der Waals surface area contributed by atoms with Crippen molar-refractivity contribution in [3.8, 4) is 11.1 Å². The van der Waals surface area contributed by atoms with Gasteiger partial charge in [0, 0.05) is 41.3 Å². The molecular formula is C28H18F3N5O3S. The number of hydrogen-bond acceptors (Lipinski definition) is 5. The zero-order chi connectivity index (χ0) is 28.2. The number of sulfonamides is 1. The Balaban J connectivity index is 1.39. The lowest BCUT2D eigenvalue weighted by atomic mass is 9.99. The molecule has 6 aromatic rings. The Morgan fingerprint density at radius 2 is 1.80 bits per heavy atom. The number of anilines is 1. The van der Waals surface area contributed by atoms with Crippen LogP contribution < -0.4 is 4.72 Å². The van der Waals surface area contributed by atoms with Crippen LogP contribution in [0.3, 0.4) is 0 Å². The maximum absolute atomic E-state index is 15.5. The van der Waals surface area contributed by atoms with Crippen LogP contribution in [0.15, 0.2) is 84.1 Å². The fourth-order valence-corrected chi connectivity index (χ4v) is 5.59. The van der Waals surface area contributed by atoms with Crippen LogP contribution in [0, 0.1) is 17.5 Å². The van der Waals surface area contributed by atoms with E-state index in [-0.39, 0.29) is 5.56 Å². The fraction of sp³-hybridized carbons (Fsp3) is 0.0357. The number of nitrogens with zero attached hydrogens (tertiary/aromatic N) is 3. The summed E-state index contributed by atoms with van der Waals surface area (Å²) in [5, 5.41) is 5.44. The van der Waals surface area contributed by atoms with Crippen molar-refractivity contribution in [3.63, 3.8) is 0 Å². The predicted molar refractivity (Wildman–Crippen MR) is 143 cm³/mol. The van der Waals surface area contributed by atoms with Gasteiger partial charge in [-0.15, -0.1) is 0 Å². The minimum Gasteiger partial charge on any atom is -0.345 e. The Labute approximate surface area is 225 Å². The van der Waals surface area contributed by atoms with E-state index in [9.17, 15) is 22.0 Å². The second-order valence-electron chi connectivity index (χ2n) is 9.04. The molecule has 0 spiro atoms. The van der Waals surface area contributed by atoms with Crippen LogP contribution in [0.25, 0.3) is 33.1 Å². The number of carbonyl (C=O) groups excluding carboxylic acids is 1. The molecule has 0 aliphatic rings. The first-order valence-electron chi connectivity index (χ1n) is 11.8. The largest absolute Gasteiger partial charge is 0.345 e. The zero-order valence-electron chi connectivity index (χ0n) is 20.6.